The smallest absolute Gasteiger partial charge is 0.252 e. The van der Waals surface area contributed by atoms with Crippen LogP contribution in [-0.4, -0.2) is 19.9 Å². The maximum Gasteiger partial charge on any atom is 0.252 e. The fourth-order valence-corrected chi connectivity index (χ4v) is 3.55. The number of nitrogens with two attached hydrogens (primary N) is 1. The third-order valence-corrected chi connectivity index (χ3v) is 4.72. The van der Waals surface area contributed by atoms with Gasteiger partial charge in [-0.1, -0.05) is 25.2 Å². The highest BCUT2D eigenvalue weighted by Crippen LogP contribution is 2.24. The van der Waals surface area contributed by atoms with Crippen molar-refractivity contribution < 1.29 is 8.42 Å². The Morgan fingerprint density at radius 3 is 2.53 bits per heavy atom. The molecule has 0 saturated carbocycles. The summed E-state index contributed by atoms with van der Waals surface area (Å²) in [5.74, 6) is 0.269. The van der Waals surface area contributed by atoms with Gasteiger partial charge in [-0.3, -0.25) is 0 Å². The van der Waals surface area contributed by atoms with E-state index < -0.39 is 10.0 Å². The zero-order valence-corrected chi connectivity index (χ0v) is 10.6. The highest BCUT2D eigenvalue weighted by Gasteiger charge is 2.20. The van der Waals surface area contributed by atoms with E-state index in [4.69, 9.17) is 5.73 Å². The Kier molecular flexibility index (Phi) is 3.69. The average molecular weight is 249 g/mol. The van der Waals surface area contributed by atoms with Crippen LogP contribution in [0.4, 0.5) is 5.13 Å². The lowest BCUT2D eigenvalue weighted by molar-refractivity contribution is 0.561. The third kappa shape index (κ3) is 3.15. The molecule has 7 heteroatoms. The summed E-state index contributed by atoms with van der Waals surface area (Å²) in [5.41, 5.74) is 5.90. The second kappa shape index (κ2) is 4.46. The van der Waals surface area contributed by atoms with Gasteiger partial charge in [0.1, 0.15) is 0 Å². The molecule has 1 rings (SSSR count). The van der Waals surface area contributed by atoms with Crippen LogP contribution in [0.2, 0.25) is 0 Å². The average Bonchev–Trinajstić information content (AvgIpc) is 2.43. The quantitative estimate of drug-likeness (QED) is 0.832. The van der Waals surface area contributed by atoms with Crippen molar-refractivity contribution >= 4 is 26.5 Å². The number of hydrogen-bond acceptors (Lipinski definition) is 5. The molecule has 15 heavy (non-hydrogen) atoms. The van der Waals surface area contributed by atoms with E-state index in [2.05, 4.69) is 9.71 Å². The molecule has 0 radical (unpaired) electrons. The highest BCUT2D eigenvalue weighted by molar-refractivity contribution is 7.91. The van der Waals surface area contributed by atoms with Gasteiger partial charge in [0.2, 0.25) is 0 Å². The molecule has 0 unspecified atom stereocenters. The fraction of sp³-hybridized carbons (Fsp3) is 0.625. The van der Waals surface area contributed by atoms with Gasteiger partial charge in [-0.15, -0.1) is 0 Å². The number of thiazole rings is 1. The number of aryl methyl sites for hydroxylation is 1. The van der Waals surface area contributed by atoms with Gasteiger partial charge in [-0.05, 0) is 12.8 Å². The Labute approximate surface area is 93.8 Å². The second-order valence-electron chi connectivity index (χ2n) is 3.67. The van der Waals surface area contributed by atoms with E-state index in [1.54, 1.807) is 6.92 Å². The van der Waals surface area contributed by atoms with Crippen molar-refractivity contribution in [2.45, 2.75) is 25.0 Å². The molecule has 0 fully saturated rings. The molecule has 0 bridgehead atoms. The first-order valence-electron chi connectivity index (χ1n) is 4.55. The minimum Gasteiger partial charge on any atom is -0.375 e. The number of nitrogens with one attached hydrogen (secondary N) is 1. The molecule has 1 heterocycles. The number of aromatic nitrogens is 1. The van der Waals surface area contributed by atoms with E-state index in [0.29, 0.717) is 12.2 Å². The van der Waals surface area contributed by atoms with E-state index in [-0.39, 0.29) is 15.3 Å². The number of anilines is 1. The van der Waals surface area contributed by atoms with Gasteiger partial charge >= 0.3 is 0 Å². The molecule has 86 valence electrons. The second-order valence-corrected chi connectivity index (χ2v) is 6.66. The lowest BCUT2D eigenvalue weighted by atomic mass is 10.2. The van der Waals surface area contributed by atoms with Gasteiger partial charge < -0.3 is 5.73 Å². The molecule has 3 N–H and O–H groups in total. The number of hydrogen-bond donors (Lipinski definition) is 2. The van der Waals surface area contributed by atoms with Crippen LogP contribution in [0.15, 0.2) is 4.21 Å². The summed E-state index contributed by atoms with van der Waals surface area (Å²) in [4.78, 5) is 3.88. The predicted octanol–water partition coefficient (Wildman–Crippen LogP) is 0.968. The minimum atomic E-state index is -3.44. The summed E-state index contributed by atoms with van der Waals surface area (Å²) in [7, 11) is -3.44. The van der Waals surface area contributed by atoms with E-state index in [0.717, 1.165) is 11.3 Å². The fourth-order valence-electron chi connectivity index (χ4n) is 0.994. The lowest BCUT2D eigenvalue weighted by Crippen LogP contribution is -2.27. The molecule has 0 aliphatic heterocycles. The summed E-state index contributed by atoms with van der Waals surface area (Å²) in [6, 6.07) is 0. The van der Waals surface area contributed by atoms with Crippen molar-refractivity contribution in [3.63, 3.8) is 0 Å². The van der Waals surface area contributed by atoms with Crippen molar-refractivity contribution in [1.29, 1.82) is 0 Å². The standard InChI is InChI=1S/C8H15N3O2S2/c1-5(2)4-10-15(12,13)7-6(3)11-8(9)14-7/h5,10H,4H2,1-3H3,(H2,9,11). The molecule has 0 aromatic carbocycles. The third-order valence-electron chi connectivity index (χ3n) is 1.70. The van der Waals surface area contributed by atoms with Gasteiger partial charge in [0.05, 0.1) is 5.69 Å². The molecule has 0 saturated heterocycles. The van der Waals surface area contributed by atoms with Crippen LogP contribution < -0.4 is 10.5 Å². The topological polar surface area (TPSA) is 85.1 Å². The Balaban J connectivity index is 2.91. The van der Waals surface area contributed by atoms with Gasteiger partial charge in [0.15, 0.2) is 9.34 Å². The van der Waals surface area contributed by atoms with Crippen LogP contribution in [0.1, 0.15) is 19.5 Å². The number of rotatable bonds is 4. The van der Waals surface area contributed by atoms with Crippen LogP contribution in [0.5, 0.6) is 0 Å². The first kappa shape index (κ1) is 12.4. The Morgan fingerprint density at radius 2 is 2.13 bits per heavy atom. The maximum absolute atomic E-state index is 11.8. The molecule has 5 nitrogen and oxygen atoms in total. The molecule has 0 aliphatic rings. The van der Waals surface area contributed by atoms with Crippen molar-refractivity contribution in [2.24, 2.45) is 5.92 Å². The SMILES string of the molecule is Cc1nc(N)sc1S(=O)(=O)NCC(C)C. The summed E-state index contributed by atoms with van der Waals surface area (Å²) in [5, 5.41) is 0.275. The highest BCUT2D eigenvalue weighted by atomic mass is 32.2. The molecular formula is C8H15N3O2S2. The summed E-state index contributed by atoms with van der Waals surface area (Å²) in [6.07, 6.45) is 0. The molecule has 1 aromatic rings. The first-order valence-corrected chi connectivity index (χ1v) is 6.85. The zero-order valence-electron chi connectivity index (χ0n) is 8.94. The number of nitrogens with zero attached hydrogens (tertiary/aromatic N) is 1. The van der Waals surface area contributed by atoms with E-state index >= 15 is 0 Å². The van der Waals surface area contributed by atoms with Gasteiger partial charge in [-0.25, -0.2) is 18.1 Å². The zero-order chi connectivity index (χ0) is 11.6. The van der Waals surface area contributed by atoms with E-state index in [1.807, 2.05) is 13.8 Å². The van der Waals surface area contributed by atoms with Crippen molar-refractivity contribution in [3.8, 4) is 0 Å². The molecular weight excluding hydrogens is 234 g/mol. The maximum atomic E-state index is 11.8. The molecule has 0 spiro atoms. The Bertz CT molecular complexity index is 437. The van der Waals surface area contributed by atoms with E-state index in [1.165, 1.54) is 0 Å². The number of sulfonamides is 1. The first-order chi connectivity index (χ1) is 6.83. The summed E-state index contributed by atoms with van der Waals surface area (Å²) >= 11 is 0.989. The Hall–Kier alpha value is -0.660. The normalized spacial score (nSPS) is 12.3. The monoisotopic (exact) mass is 249 g/mol. The van der Waals surface area contributed by atoms with Crippen molar-refractivity contribution in [3.05, 3.63) is 5.69 Å². The lowest BCUT2D eigenvalue weighted by Gasteiger charge is -2.07. The predicted molar refractivity (Wildman–Crippen MR) is 61.3 cm³/mol. The minimum absolute atomic E-state index is 0.209. The van der Waals surface area contributed by atoms with Crippen LogP contribution in [-0.2, 0) is 10.0 Å². The van der Waals surface area contributed by atoms with Crippen LogP contribution in [0, 0.1) is 12.8 Å². The van der Waals surface area contributed by atoms with Crippen LogP contribution in [0.3, 0.4) is 0 Å². The van der Waals surface area contributed by atoms with E-state index in [9.17, 15) is 8.42 Å². The number of nitrogen functional groups attached to an aromatic ring is 1. The van der Waals surface area contributed by atoms with Crippen LogP contribution in [0.25, 0.3) is 0 Å². The van der Waals surface area contributed by atoms with Crippen LogP contribution >= 0.6 is 11.3 Å². The van der Waals surface area contributed by atoms with Gasteiger partial charge in [0.25, 0.3) is 10.0 Å². The van der Waals surface area contributed by atoms with Gasteiger partial charge in [0, 0.05) is 6.54 Å². The summed E-state index contributed by atoms with van der Waals surface area (Å²) < 4.78 is 26.3. The molecule has 1 aromatic heterocycles. The van der Waals surface area contributed by atoms with Crippen molar-refractivity contribution in [1.82, 2.24) is 9.71 Å². The molecule has 0 amide bonds. The van der Waals surface area contributed by atoms with Crippen molar-refractivity contribution in [2.75, 3.05) is 12.3 Å². The largest absolute Gasteiger partial charge is 0.375 e. The molecule has 0 aliphatic carbocycles. The summed E-state index contributed by atoms with van der Waals surface area (Å²) in [6.45, 7) is 5.93. The Morgan fingerprint density at radius 1 is 1.53 bits per heavy atom. The molecule has 0 atom stereocenters. The van der Waals surface area contributed by atoms with Gasteiger partial charge in [-0.2, -0.15) is 0 Å².